The van der Waals surface area contributed by atoms with Crippen molar-refractivity contribution in [2.45, 2.75) is 19.4 Å². The van der Waals surface area contributed by atoms with Gasteiger partial charge in [0.1, 0.15) is 0 Å². The summed E-state index contributed by atoms with van der Waals surface area (Å²) in [5.74, 6) is 0. The van der Waals surface area contributed by atoms with Gasteiger partial charge in [-0.15, -0.1) is 0 Å². The van der Waals surface area contributed by atoms with Gasteiger partial charge in [0, 0.05) is 25.0 Å². The number of hydrogen-bond acceptors (Lipinski definition) is 3. The van der Waals surface area contributed by atoms with Gasteiger partial charge >= 0.3 is 0 Å². The summed E-state index contributed by atoms with van der Waals surface area (Å²) in [6.07, 6.45) is 4.70. The number of aromatic nitrogens is 1. The van der Waals surface area contributed by atoms with E-state index < -0.39 is 0 Å². The molecule has 1 rings (SSSR count). The van der Waals surface area contributed by atoms with E-state index in [1.54, 1.807) is 6.20 Å². The van der Waals surface area contributed by atoms with Crippen LogP contribution in [0.5, 0.6) is 0 Å². The molecule has 0 unspecified atom stereocenters. The van der Waals surface area contributed by atoms with Gasteiger partial charge in [0.25, 0.3) is 0 Å². The maximum Gasteiger partial charge on any atom is 0.0300 e. The molecule has 72 valence electrons. The van der Waals surface area contributed by atoms with Crippen molar-refractivity contribution in [3.05, 3.63) is 30.1 Å². The summed E-state index contributed by atoms with van der Waals surface area (Å²) in [4.78, 5) is 4.05. The Morgan fingerprint density at radius 1 is 1.62 bits per heavy atom. The quantitative estimate of drug-likeness (QED) is 0.694. The molecule has 0 aliphatic rings. The summed E-state index contributed by atoms with van der Waals surface area (Å²) >= 11 is 0. The first-order valence-corrected chi connectivity index (χ1v) is 4.65. The van der Waals surface area contributed by atoms with Crippen LogP contribution < -0.4 is 11.1 Å². The number of pyridine rings is 1. The summed E-state index contributed by atoms with van der Waals surface area (Å²) in [6.45, 7) is 3.74. The molecule has 0 aromatic carbocycles. The standard InChI is InChI=1S/C10H17N3/c1-9(7-11)13-6-4-10-3-2-5-12-8-10/h2-3,5,8-9,13H,4,6-7,11H2,1H3/t9-/m1/s1. The molecule has 0 saturated carbocycles. The molecule has 0 spiro atoms. The zero-order valence-electron chi connectivity index (χ0n) is 8.03. The maximum absolute atomic E-state index is 5.48. The summed E-state index contributed by atoms with van der Waals surface area (Å²) in [7, 11) is 0. The molecule has 3 nitrogen and oxygen atoms in total. The van der Waals surface area contributed by atoms with Crippen LogP contribution in [0.3, 0.4) is 0 Å². The summed E-state index contributed by atoms with van der Waals surface area (Å²) in [5, 5.41) is 3.33. The first kappa shape index (κ1) is 10.2. The van der Waals surface area contributed by atoms with Gasteiger partial charge in [-0.3, -0.25) is 4.98 Å². The molecule has 0 fully saturated rings. The van der Waals surface area contributed by atoms with E-state index >= 15 is 0 Å². The van der Waals surface area contributed by atoms with Gasteiger partial charge in [0.05, 0.1) is 0 Å². The predicted octanol–water partition coefficient (Wildman–Crippen LogP) is 0.561. The lowest BCUT2D eigenvalue weighted by Gasteiger charge is -2.10. The third-order valence-corrected chi connectivity index (χ3v) is 1.98. The second-order valence-corrected chi connectivity index (χ2v) is 3.20. The smallest absolute Gasteiger partial charge is 0.0300 e. The van der Waals surface area contributed by atoms with E-state index in [9.17, 15) is 0 Å². The summed E-state index contributed by atoms with van der Waals surface area (Å²) < 4.78 is 0. The Balaban J connectivity index is 2.20. The number of nitrogens with zero attached hydrogens (tertiary/aromatic N) is 1. The van der Waals surface area contributed by atoms with Crippen molar-refractivity contribution >= 4 is 0 Å². The van der Waals surface area contributed by atoms with Gasteiger partial charge in [-0.2, -0.15) is 0 Å². The average molecular weight is 179 g/mol. The van der Waals surface area contributed by atoms with Crippen molar-refractivity contribution in [2.75, 3.05) is 13.1 Å². The Kier molecular flexibility index (Phi) is 4.43. The Hall–Kier alpha value is -0.930. The van der Waals surface area contributed by atoms with Crippen molar-refractivity contribution < 1.29 is 0 Å². The molecule has 0 aliphatic carbocycles. The largest absolute Gasteiger partial charge is 0.329 e. The zero-order chi connectivity index (χ0) is 9.52. The predicted molar refractivity (Wildman–Crippen MR) is 54.5 cm³/mol. The van der Waals surface area contributed by atoms with E-state index in [2.05, 4.69) is 23.3 Å². The van der Waals surface area contributed by atoms with Crippen LogP contribution in [0.1, 0.15) is 12.5 Å². The Bertz CT molecular complexity index is 223. The fourth-order valence-electron chi connectivity index (χ4n) is 1.09. The monoisotopic (exact) mass is 179 g/mol. The maximum atomic E-state index is 5.48. The lowest BCUT2D eigenvalue weighted by molar-refractivity contribution is 0.559. The second-order valence-electron chi connectivity index (χ2n) is 3.20. The van der Waals surface area contributed by atoms with Crippen molar-refractivity contribution in [2.24, 2.45) is 5.73 Å². The first-order valence-electron chi connectivity index (χ1n) is 4.65. The molecule has 13 heavy (non-hydrogen) atoms. The third-order valence-electron chi connectivity index (χ3n) is 1.98. The van der Waals surface area contributed by atoms with E-state index in [1.165, 1.54) is 5.56 Å². The minimum Gasteiger partial charge on any atom is -0.329 e. The van der Waals surface area contributed by atoms with Crippen molar-refractivity contribution in [1.29, 1.82) is 0 Å². The van der Waals surface area contributed by atoms with E-state index in [-0.39, 0.29) is 0 Å². The fraction of sp³-hybridized carbons (Fsp3) is 0.500. The van der Waals surface area contributed by atoms with Crippen LogP contribution in [-0.2, 0) is 6.42 Å². The first-order chi connectivity index (χ1) is 6.33. The number of hydrogen-bond donors (Lipinski definition) is 2. The van der Waals surface area contributed by atoms with Crippen molar-refractivity contribution in [3.8, 4) is 0 Å². The normalized spacial score (nSPS) is 12.8. The van der Waals surface area contributed by atoms with Gasteiger partial charge in [-0.1, -0.05) is 6.07 Å². The number of nitrogens with two attached hydrogens (primary N) is 1. The van der Waals surface area contributed by atoms with Gasteiger partial charge in [0.2, 0.25) is 0 Å². The van der Waals surface area contributed by atoms with Crippen LogP contribution in [0.25, 0.3) is 0 Å². The molecule has 0 bridgehead atoms. The highest BCUT2D eigenvalue weighted by Gasteiger charge is 1.96. The highest BCUT2D eigenvalue weighted by molar-refractivity contribution is 5.08. The van der Waals surface area contributed by atoms with Crippen LogP contribution in [0.2, 0.25) is 0 Å². The molecule has 0 aliphatic heterocycles. The average Bonchev–Trinajstić information content (AvgIpc) is 2.19. The van der Waals surface area contributed by atoms with Crippen LogP contribution >= 0.6 is 0 Å². The molecule has 1 atom stereocenters. The van der Waals surface area contributed by atoms with Gasteiger partial charge in [0.15, 0.2) is 0 Å². The highest BCUT2D eigenvalue weighted by atomic mass is 14.9. The van der Waals surface area contributed by atoms with Crippen molar-refractivity contribution in [1.82, 2.24) is 10.3 Å². The van der Waals surface area contributed by atoms with E-state index in [0.717, 1.165) is 13.0 Å². The highest BCUT2D eigenvalue weighted by Crippen LogP contribution is 1.95. The molecule has 1 aromatic heterocycles. The van der Waals surface area contributed by atoms with Crippen LogP contribution in [0.15, 0.2) is 24.5 Å². The van der Waals surface area contributed by atoms with Crippen LogP contribution in [0.4, 0.5) is 0 Å². The van der Waals surface area contributed by atoms with Crippen LogP contribution in [-0.4, -0.2) is 24.1 Å². The molecule has 0 amide bonds. The SMILES string of the molecule is C[C@H](CN)NCCc1cccnc1. The van der Waals surface area contributed by atoms with Gasteiger partial charge < -0.3 is 11.1 Å². The van der Waals surface area contributed by atoms with Crippen molar-refractivity contribution in [3.63, 3.8) is 0 Å². The van der Waals surface area contributed by atoms with Gasteiger partial charge in [-0.25, -0.2) is 0 Å². The lowest BCUT2D eigenvalue weighted by Crippen LogP contribution is -2.34. The number of rotatable bonds is 5. The molecular formula is C10H17N3. The van der Waals surface area contributed by atoms with E-state index in [0.29, 0.717) is 12.6 Å². The topological polar surface area (TPSA) is 50.9 Å². The fourth-order valence-corrected chi connectivity index (χ4v) is 1.09. The summed E-state index contributed by atoms with van der Waals surface area (Å²) in [5.41, 5.74) is 6.74. The molecule has 0 radical (unpaired) electrons. The van der Waals surface area contributed by atoms with E-state index in [1.807, 2.05) is 12.3 Å². The Labute approximate surface area is 79.4 Å². The van der Waals surface area contributed by atoms with Crippen LogP contribution in [0, 0.1) is 0 Å². The third kappa shape index (κ3) is 4.01. The number of nitrogens with one attached hydrogen (secondary N) is 1. The minimum absolute atomic E-state index is 0.400. The molecule has 3 heteroatoms. The Morgan fingerprint density at radius 3 is 3.08 bits per heavy atom. The molecule has 0 saturated heterocycles. The molecule has 1 heterocycles. The molecule has 3 N–H and O–H groups in total. The molecule has 1 aromatic rings. The molecular weight excluding hydrogens is 162 g/mol. The summed E-state index contributed by atoms with van der Waals surface area (Å²) in [6, 6.07) is 4.44. The zero-order valence-corrected chi connectivity index (χ0v) is 8.03. The Morgan fingerprint density at radius 2 is 2.46 bits per heavy atom. The van der Waals surface area contributed by atoms with Gasteiger partial charge in [-0.05, 0) is 31.5 Å². The van der Waals surface area contributed by atoms with E-state index in [4.69, 9.17) is 5.73 Å². The second kappa shape index (κ2) is 5.67. The minimum atomic E-state index is 0.400. The lowest BCUT2D eigenvalue weighted by atomic mass is 10.2.